The number of anilines is 1. The van der Waals surface area contributed by atoms with Crippen LogP contribution in [0.1, 0.15) is 24.8 Å². The van der Waals surface area contributed by atoms with Crippen molar-refractivity contribution in [3.63, 3.8) is 0 Å². The molecule has 0 aliphatic carbocycles. The van der Waals surface area contributed by atoms with Crippen molar-refractivity contribution in [2.45, 2.75) is 25.3 Å². The number of nitriles is 1. The Morgan fingerprint density at radius 1 is 1.46 bits per heavy atom. The van der Waals surface area contributed by atoms with Crippen LogP contribution in [0.2, 0.25) is 0 Å². The van der Waals surface area contributed by atoms with Gasteiger partial charge in [0.25, 0.3) is 5.69 Å². The van der Waals surface area contributed by atoms with Gasteiger partial charge < -0.3 is 10.1 Å². The molecule has 0 amide bonds. The molecule has 0 radical (unpaired) electrons. The Morgan fingerprint density at radius 2 is 2.25 bits per heavy atom. The largest absolute Gasteiger partial charge is 0.382 e. The van der Waals surface area contributed by atoms with E-state index in [4.69, 9.17) is 4.74 Å². The molecule has 2 saturated heterocycles. The van der Waals surface area contributed by atoms with Crippen LogP contribution in [0.4, 0.5) is 11.4 Å². The van der Waals surface area contributed by atoms with Gasteiger partial charge in [0, 0.05) is 37.2 Å². The first-order valence-corrected chi connectivity index (χ1v) is 8.43. The Labute approximate surface area is 141 Å². The number of nitrogens with one attached hydrogen (secondary N) is 1. The van der Waals surface area contributed by atoms with E-state index in [-0.39, 0.29) is 5.69 Å². The van der Waals surface area contributed by atoms with Crippen molar-refractivity contribution in [2.24, 2.45) is 5.92 Å². The number of nitro groups is 1. The number of nitrogens with zero attached hydrogens (tertiary/aromatic N) is 3. The number of hydrogen-bond acceptors (Lipinski definition) is 6. The fourth-order valence-corrected chi connectivity index (χ4v) is 3.63. The van der Waals surface area contributed by atoms with Crippen molar-refractivity contribution in [1.29, 1.82) is 5.26 Å². The molecule has 7 nitrogen and oxygen atoms in total. The Balaban J connectivity index is 1.72. The summed E-state index contributed by atoms with van der Waals surface area (Å²) in [6.07, 6.45) is 3.52. The van der Waals surface area contributed by atoms with Gasteiger partial charge in [0.1, 0.15) is 6.07 Å². The molecule has 0 spiro atoms. The van der Waals surface area contributed by atoms with E-state index in [1.54, 1.807) is 6.07 Å². The molecular weight excluding hydrogens is 308 g/mol. The van der Waals surface area contributed by atoms with Gasteiger partial charge in [0.05, 0.1) is 22.8 Å². The Kier molecular flexibility index (Phi) is 5.28. The first-order chi connectivity index (χ1) is 11.7. The Hall–Kier alpha value is -2.17. The second kappa shape index (κ2) is 7.60. The van der Waals surface area contributed by atoms with Crippen molar-refractivity contribution >= 4 is 11.4 Å². The normalized spacial score (nSPS) is 22.2. The lowest BCUT2D eigenvalue weighted by molar-refractivity contribution is -0.384. The molecule has 2 aliphatic rings. The number of nitro benzene ring substituents is 1. The molecule has 2 fully saturated rings. The Bertz CT molecular complexity index is 615. The molecule has 1 aromatic rings. The predicted octanol–water partition coefficient (Wildman–Crippen LogP) is 2.38. The Morgan fingerprint density at radius 3 is 2.88 bits per heavy atom. The van der Waals surface area contributed by atoms with E-state index in [1.165, 1.54) is 25.0 Å². The third-order valence-electron chi connectivity index (χ3n) is 4.95. The fraction of sp³-hybridized carbons (Fsp3) is 0.588. The molecule has 2 heterocycles. The van der Waals surface area contributed by atoms with E-state index < -0.39 is 4.92 Å². The van der Waals surface area contributed by atoms with Gasteiger partial charge >= 0.3 is 0 Å². The minimum Gasteiger partial charge on any atom is -0.382 e. The van der Waals surface area contributed by atoms with E-state index in [1.807, 2.05) is 6.07 Å². The average Bonchev–Trinajstić information content (AvgIpc) is 3.29. The molecule has 7 heteroatoms. The van der Waals surface area contributed by atoms with Crippen LogP contribution >= 0.6 is 0 Å². The van der Waals surface area contributed by atoms with Crippen LogP contribution in [0.25, 0.3) is 0 Å². The lowest BCUT2D eigenvalue weighted by Gasteiger charge is -2.32. The van der Waals surface area contributed by atoms with E-state index >= 15 is 0 Å². The number of likely N-dealkylation sites (tertiary alicyclic amines) is 1. The summed E-state index contributed by atoms with van der Waals surface area (Å²) in [5.41, 5.74) is 0.913. The number of ether oxygens (including phenoxy) is 1. The molecule has 2 atom stereocenters. The zero-order chi connectivity index (χ0) is 16.9. The summed E-state index contributed by atoms with van der Waals surface area (Å²) in [5.74, 6) is 0.499. The number of non-ortho nitro benzene ring substituents is 1. The van der Waals surface area contributed by atoms with Gasteiger partial charge in [-0.2, -0.15) is 5.26 Å². The number of rotatable bonds is 6. The first-order valence-electron chi connectivity index (χ1n) is 8.43. The monoisotopic (exact) mass is 330 g/mol. The van der Waals surface area contributed by atoms with Crippen LogP contribution in [0.15, 0.2) is 18.2 Å². The zero-order valence-corrected chi connectivity index (χ0v) is 13.6. The topological polar surface area (TPSA) is 91.4 Å². The van der Waals surface area contributed by atoms with E-state index in [2.05, 4.69) is 10.2 Å². The molecule has 1 N–H and O–H groups in total. The minimum absolute atomic E-state index is 0.0580. The van der Waals surface area contributed by atoms with Gasteiger partial charge in [-0.05, 0) is 38.4 Å². The van der Waals surface area contributed by atoms with Gasteiger partial charge in [-0.15, -0.1) is 0 Å². The SMILES string of the molecule is N#Cc1cc([N+](=O)[O-])ccc1NC[C@H]([C@H]1CCOC1)N1CCCC1. The van der Waals surface area contributed by atoms with Gasteiger partial charge in [0.15, 0.2) is 0 Å². The third kappa shape index (κ3) is 3.66. The summed E-state index contributed by atoms with van der Waals surface area (Å²) in [6, 6.07) is 6.81. The lowest BCUT2D eigenvalue weighted by atomic mass is 9.97. The highest BCUT2D eigenvalue weighted by Crippen LogP contribution is 2.26. The lowest BCUT2D eigenvalue weighted by Crippen LogP contribution is -2.44. The molecule has 2 aliphatic heterocycles. The minimum atomic E-state index is -0.479. The quantitative estimate of drug-likeness (QED) is 0.636. The molecule has 0 saturated carbocycles. The summed E-state index contributed by atoms with van der Waals surface area (Å²) >= 11 is 0. The van der Waals surface area contributed by atoms with E-state index in [0.717, 1.165) is 39.3 Å². The second-order valence-corrected chi connectivity index (χ2v) is 6.41. The second-order valence-electron chi connectivity index (χ2n) is 6.41. The predicted molar refractivity (Wildman–Crippen MR) is 89.8 cm³/mol. The average molecular weight is 330 g/mol. The smallest absolute Gasteiger partial charge is 0.270 e. The molecular formula is C17H22N4O3. The van der Waals surface area contributed by atoms with Crippen LogP contribution in [0.3, 0.4) is 0 Å². The molecule has 0 aromatic heterocycles. The summed E-state index contributed by atoms with van der Waals surface area (Å²) in [7, 11) is 0. The maximum Gasteiger partial charge on any atom is 0.270 e. The maximum atomic E-state index is 10.8. The van der Waals surface area contributed by atoms with Crippen molar-refractivity contribution < 1.29 is 9.66 Å². The van der Waals surface area contributed by atoms with Crippen LogP contribution < -0.4 is 5.32 Å². The van der Waals surface area contributed by atoms with Crippen molar-refractivity contribution in [3.05, 3.63) is 33.9 Å². The maximum absolute atomic E-state index is 10.8. The first kappa shape index (κ1) is 16.7. The zero-order valence-electron chi connectivity index (χ0n) is 13.6. The fourth-order valence-electron chi connectivity index (χ4n) is 3.63. The highest BCUT2D eigenvalue weighted by atomic mass is 16.6. The number of hydrogen-bond donors (Lipinski definition) is 1. The summed E-state index contributed by atoms with van der Waals surface area (Å²) in [6.45, 7) is 4.53. The van der Waals surface area contributed by atoms with Gasteiger partial charge in [-0.3, -0.25) is 15.0 Å². The summed E-state index contributed by atoms with van der Waals surface area (Å²) in [4.78, 5) is 12.9. The van der Waals surface area contributed by atoms with Crippen LogP contribution in [-0.2, 0) is 4.74 Å². The standard InChI is InChI=1S/C17H22N4O3/c18-10-14-9-15(21(22)23)3-4-16(14)19-11-17(13-5-8-24-12-13)20-6-1-2-7-20/h3-4,9,13,17,19H,1-2,5-8,11-12H2/t13-,17+/m0/s1. The highest BCUT2D eigenvalue weighted by molar-refractivity contribution is 5.61. The highest BCUT2D eigenvalue weighted by Gasteiger charge is 2.31. The van der Waals surface area contributed by atoms with Crippen molar-refractivity contribution in [2.75, 3.05) is 38.2 Å². The van der Waals surface area contributed by atoms with E-state index in [9.17, 15) is 15.4 Å². The number of benzene rings is 1. The third-order valence-corrected chi connectivity index (χ3v) is 4.95. The molecule has 0 unspecified atom stereocenters. The molecule has 24 heavy (non-hydrogen) atoms. The van der Waals surface area contributed by atoms with Gasteiger partial charge in [-0.1, -0.05) is 0 Å². The summed E-state index contributed by atoms with van der Waals surface area (Å²) < 4.78 is 5.55. The summed E-state index contributed by atoms with van der Waals surface area (Å²) in [5, 5.41) is 23.5. The van der Waals surface area contributed by atoms with Crippen LogP contribution in [-0.4, -0.2) is 48.7 Å². The molecule has 1 aromatic carbocycles. The van der Waals surface area contributed by atoms with Crippen molar-refractivity contribution in [1.82, 2.24) is 4.90 Å². The van der Waals surface area contributed by atoms with Crippen LogP contribution in [0.5, 0.6) is 0 Å². The molecule has 128 valence electrons. The van der Waals surface area contributed by atoms with Crippen molar-refractivity contribution in [3.8, 4) is 6.07 Å². The van der Waals surface area contributed by atoms with Gasteiger partial charge in [0.2, 0.25) is 0 Å². The van der Waals surface area contributed by atoms with Crippen LogP contribution in [0, 0.1) is 27.4 Å². The molecule has 3 rings (SSSR count). The van der Waals surface area contributed by atoms with Gasteiger partial charge in [-0.25, -0.2) is 0 Å². The van der Waals surface area contributed by atoms with E-state index in [0.29, 0.717) is 23.2 Å². The molecule has 0 bridgehead atoms.